The first-order valence-corrected chi connectivity index (χ1v) is 12.2. The lowest BCUT2D eigenvalue weighted by Gasteiger charge is -2.27. The maximum atomic E-state index is 13.2. The zero-order valence-corrected chi connectivity index (χ0v) is 19.4. The van der Waals surface area contributed by atoms with Gasteiger partial charge in [-0.1, -0.05) is 0 Å². The molecular weight excluding hydrogens is 464 g/mol. The monoisotopic (exact) mass is 488 g/mol. The van der Waals surface area contributed by atoms with E-state index < -0.39 is 29.7 Å². The molecule has 7 rings (SSSR count). The van der Waals surface area contributed by atoms with Crippen LogP contribution < -0.4 is 15.1 Å². The number of piperidine rings is 2. The third kappa shape index (κ3) is 3.08. The number of amides is 4. The minimum atomic E-state index is -0.979. The van der Waals surface area contributed by atoms with Crippen LogP contribution in [0.1, 0.15) is 44.8 Å². The first kappa shape index (κ1) is 21.4. The summed E-state index contributed by atoms with van der Waals surface area (Å²) in [4.78, 5) is 64.6. The van der Waals surface area contributed by atoms with Crippen LogP contribution in [0.15, 0.2) is 24.4 Å². The van der Waals surface area contributed by atoms with Crippen molar-refractivity contribution < 1.29 is 24.3 Å². The molecule has 2 aromatic rings. The molecule has 5 heterocycles. The highest BCUT2D eigenvalue weighted by Gasteiger charge is 2.55. The zero-order chi connectivity index (χ0) is 24.7. The second kappa shape index (κ2) is 7.57. The van der Waals surface area contributed by atoms with Gasteiger partial charge in [0.2, 0.25) is 17.8 Å². The van der Waals surface area contributed by atoms with Crippen molar-refractivity contribution in [2.45, 2.75) is 32.0 Å². The molecule has 3 fully saturated rings. The van der Waals surface area contributed by atoms with Gasteiger partial charge in [0.25, 0.3) is 11.8 Å². The Morgan fingerprint density at radius 3 is 2.53 bits per heavy atom. The summed E-state index contributed by atoms with van der Waals surface area (Å²) in [5.41, 5.74) is 3.27. The van der Waals surface area contributed by atoms with E-state index in [1.807, 2.05) is 6.20 Å². The molecular formula is C25H24N6O5. The van der Waals surface area contributed by atoms with Crippen molar-refractivity contribution in [3.63, 3.8) is 0 Å². The topological polar surface area (TPSA) is 136 Å². The van der Waals surface area contributed by atoms with Gasteiger partial charge in [0.15, 0.2) is 0 Å². The smallest absolute Gasteiger partial charge is 0.262 e. The Labute approximate surface area is 206 Å². The van der Waals surface area contributed by atoms with E-state index in [2.05, 4.69) is 20.1 Å². The maximum Gasteiger partial charge on any atom is 0.262 e. The van der Waals surface area contributed by atoms with Gasteiger partial charge in [-0.15, -0.1) is 0 Å². The Morgan fingerprint density at radius 2 is 1.78 bits per heavy atom. The third-order valence-corrected chi connectivity index (χ3v) is 8.30. The molecule has 4 atom stereocenters. The molecule has 1 aromatic carbocycles. The lowest BCUT2D eigenvalue weighted by molar-refractivity contribution is -0.136. The molecule has 0 spiro atoms. The number of aliphatic hydroxyl groups is 1. The van der Waals surface area contributed by atoms with Crippen LogP contribution in [0.5, 0.6) is 0 Å². The van der Waals surface area contributed by atoms with Crippen LogP contribution in [-0.4, -0.2) is 69.3 Å². The Hall–Kier alpha value is -3.86. The minimum absolute atomic E-state index is 0.0882. The number of hydrogen-bond donors (Lipinski definition) is 2. The minimum Gasteiger partial charge on any atom is -0.396 e. The van der Waals surface area contributed by atoms with Crippen molar-refractivity contribution in [2.75, 3.05) is 29.5 Å². The highest BCUT2D eigenvalue weighted by Crippen LogP contribution is 2.51. The van der Waals surface area contributed by atoms with Crippen LogP contribution in [0.4, 0.5) is 11.6 Å². The average Bonchev–Trinajstić information content (AvgIpc) is 3.20. The largest absolute Gasteiger partial charge is 0.396 e. The van der Waals surface area contributed by atoms with Gasteiger partial charge in [0.1, 0.15) is 6.04 Å². The molecule has 2 N–H and O–H groups in total. The standard InChI is InChI=1S/C25H24N6O5/c32-11-18-16-8-30(9-17(16)18)25-26-6-12-7-29(10-19(12)27-25)13-1-2-14-15(5-13)24(36)31(23(14)35)20-3-4-21(33)28-22(20)34/h1-2,5-6,16-18,20,32H,3-4,7-11H2,(H,28,33,34)/t16-,17+,18?,20?. The highest BCUT2D eigenvalue weighted by atomic mass is 16.3. The second-order valence-electron chi connectivity index (χ2n) is 10.3. The van der Waals surface area contributed by atoms with Gasteiger partial charge in [0, 0.05) is 50.1 Å². The molecule has 36 heavy (non-hydrogen) atoms. The summed E-state index contributed by atoms with van der Waals surface area (Å²) in [6.45, 7) is 3.16. The molecule has 4 aliphatic heterocycles. The summed E-state index contributed by atoms with van der Waals surface area (Å²) in [6.07, 6.45) is 2.08. The number of anilines is 2. The normalized spacial score (nSPS) is 28.4. The van der Waals surface area contributed by atoms with Gasteiger partial charge in [-0.2, -0.15) is 0 Å². The number of aliphatic hydroxyl groups excluding tert-OH is 1. The van der Waals surface area contributed by atoms with Crippen LogP contribution in [0, 0.1) is 17.8 Å². The zero-order valence-electron chi connectivity index (χ0n) is 19.4. The lowest BCUT2D eigenvalue weighted by atomic mass is 10.0. The summed E-state index contributed by atoms with van der Waals surface area (Å²) in [7, 11) is 0. The van der Waals surface area contributed by atoms with E-state index in [0.717, 1.165) is 34.9 Å². The van der Waals surface area contributed by atoms with E-state index in [9.17, 15) is 24.3 Å². The number of imide groups is 2. The Morgan fingerprint density at radius 1 is 1.00 bits per heavy atom. The Bertz CT molecular complexity index is 1350. The predicted octanol–water partition coefficient (Wildman–Crippen LogP) is 0.0725. The Balaban J connectivity index is 1.09. The fourth-order valence-corrected chi connectivity index (χ4v) is 6.22. The number of fused-ring (bicyclic) bond motifs is 3. The number of benzene rings is 1. The van der Waals surface area contributed by atoms with E-state index in [4.69, 9.17) is 4.98 Å². The first-order valence-electron chi connectivity index (χ1n) is 12.2. The van der Waals surface area contributed by atoms with Crippen molar-refractivity contribution in [3.05, 3.63) is 46.8 Å². The third-order valence-electron chi connectivity index (χ3n) is 8.30. The number of carbonyl (C=O) groups excluding carboxylic acids is 4. The fourth-order valence-electron chi connectivity index (χ4n) is 6.22. The van der Waals surface area contributed by atoms with Crippen LogP contribution in [-0.2, 0) is 22.7 Å². The lowest BCUT2D eigenvalue weighted by Crippen LogP contribution is -2.54. The van der Waals surface area contributed by atoms with Gasteiger partial charge in [0.05, 0.1) is 23.4 Å². The SMILES string of the molecule is O=C1CCC(N2C(=O)c3ccc(N4Cc5cnc(N6C[C@@H]7C(CO)[C@@H]7C6)nc5C4)cc3C2=O)C(=O)N1. The van der Waals surface area contributed by atoms with E-state index in [1.165, 1.54) is 0 Å². The number of aromatic nitrogens is 2. The van der Waals surface area contributed by atoms with E-state index >= 15 is 0 Å². The van der Waals surface area contributed by atoms with E-state index in [0.29, 0.717) is 36.8 Å². The van der Waals surface area contributed by atoms with Crippen molar-refractivity contribution in [2.24, 2.45) is 17.8 Å². The van der Waals surface area contributed by atoms with E-state index in [1.54, 1.807) is 18.2 Å². The quantitative estimate of drug-likeness (QED) is 0.573. The molecule has 2 unspecified atom stereocenters. The molecule has 1 aliphatic carbocycles. The number of nitrogens with one attached hydrogen (secondary N) is 1. The van der Waals surface area contributed by atoms with Crippen LogP contribution in [0.2, 0.25) is 0 Å². The van der Waals surface area contributed by atoms with Crippen molar-refractivity contribution >= 4 is 35.3 Å². The summed E-state index contributed by atoms with van der Waals surface area (Å²) in [5, 5.41) is 11.6. The molecule has 1 saturated carbocycles. The fraction of sp³-hybridized carbons (Fsp3) is 0.440. The number of carbonyl (C=O) groups is 4. The number of rotatable bonds is 4. The van der Waals surface area contributed by atoms with Crippen LogP contribution in [0.3, 0.4) is 0 Å². The van der Waals surface area contributed by atoms with Crippen molar-refractivity contribution in [1.82, 2.24) is 20.2 Å². The molecule has 0 radical (unpaired) electrons. The van der Waals surface area contributed by atoms with Crippen LogP contribution >= 0.6 is 0 Å². The first-order chi connectivity index (χ1) is 17.4. The molecule has 184 valence electrons. The molecule has 4 amide bonds. The van der Waals surface area contributed by atoms with Gasteiger partial charge in [-0.3, -0.25) is 29.4 Å². The highest BCUT2D eigenvalue weighted by molar-refractivity contribution is 6.23. The van der Waals surface area contributed by atoms with Gasteiger partial charge < -0.3 is 14.9 Å². The van der Waals surface area contributed by atoms with E-state index in [-0.39, 0.29) is 30.6 Å². The van der Waals surface area contributed by atoms with Crippen molar-refractivity contribution in [3.8, 4) is 0 Å². The molecule has 1 aromatic heterocycles. The van der Waals surface area contributed by atoms with Gasteiger partial charge in [-0.25, -0.2) is 9.97 Å². The molecule has 11 nitrogen and oxygen atoms in total. The molecule has 5 aliphatic rings. The predicted molar refractivity (Wildman–Crippen MR) is 125 cm³/mol. The second-order valence-corrected chi connectivity index (χ2v) is 10.3. The van der Waals surface area contributed by atoms with Gasteiger partial charge in [-0.05, 0) is 42.4 Å². The number of hydrogen-bond acceptors (Lipinski definition) is 9. The summed E-state index contributed by atoms with van der Waals surface area (Å²) in [5.74, 6) is 0.172. The van der Waals surface area contributed by atoms with Crippen LogP contribution in [0.25, 0.3) is 0 Å². The molecule has 0 bridgehead atoms. The Kier molecular flexibility index (Phi) is 4.50. The summed E-state index contributed by atoms with van der Waals surface area (Å²) >= 11 is 0. The summed E-state index contributed by atoms with van der Waals surface area (Å²) < 4.78 is 0. The van der Waals surface area contributed by atoms with Gasteiger partial charge >= 0.3 is 0 Å². The molecule has 2 saturated heterocycles. The number of nitrogens with zero attached hydrogens (tertiary/aromatic N) is 5. The average molecular weight is 489 g/mol. The van der Waals surface area contributed by atoms with Crippen molar-refractivity contribution in [1.29, 1.82) is 0 Å². The summed E-state index contributed by atoms with van der Waals surface area (Å²) in [6, 6.07) is 4.16. The molecule has 11 heteroatoms. The maximum absolute atomic E-state index is 13.2.